The van der Waals surface area contributed by atoms with Gasteiger partial charge in [-0.25, -0.2) is 9.37 Å². The number of halogens is 1. The van der Waals surface area contributed by atoms with Gasteiger partial charge in [-0.3, -0.25) is 14.0 Å². The lowest BCUT2D eigenvalue weighted by molar-refractivity contribution is -0.0235. The van der Waals surface area contributed by atoms with E-state index < -0.39 is 18.2 Å². The van der Waals surface area contributed by atoms with Gasteiger partial charge in [0.15, 0.2) is 0 Å². The normalized spacial score (nSPS) is 25.4. The molecule has 4 aliphatic rings. The maximum absolute atomic E-state index is 13.4. The van der Waals surface area contributed by atoms with Crippen LogP contribution in [0, 0.1) is 0 Å². The first-order valence-electron chi connectivity index (χ1n) is 11.7. The van der Waals surface area contributed by atoms with Crippen LogP contribution in [0.2, 0.25) is 0 Å². The molecule has 4 fully saturated rings. The molecule has 10 heteroatoms. The molecule has 2 aliphatic carbocycles. The van der Waals surface area contributed by atoms with E-state index in [1.807, 2.05) is 13.1 Å². The van der Waals surface area contributed by atoms with E-state index in [9.17, 15) is 14.0 Å². The lowest BCUT2D eigenvalue weighted by Gasteiger charge is -2.41. The van der Waals surface area contributed by atoms with E-state index in [4.69, 9.17) is 9.47 Å². The van der Waals surface area contributed by atoms with Crippen LogP contribution in [0.15, 0.2) is 35.5 Å². The average molecular weight is 468 g/mol. The number of imidazole rings is 1. The number of anilines is 1. The van der Waals surface area contributed by atoms with Crippen molar-refractivity contribution >= 4 is 17.4 Å². The highest BCUT2D eigenvalue weighted by molar-refractivity contribution is 6.05. The van der Waals surface area contributed by atoms with Crippen LogP contribution in [0.25, 0.3) is 5.78 Å². The van der Waals surface area contributed by atoms with Gasteiger partial charge in [-0.2, -0.15) is 4.98 Å². The molecule has 34 heavy (non-hydrogen) atoms. The van der Waals surface area contributed by atoms with Crippen molar-refractivity contribution < 1.29 is 18.7 Å². The molecule has 3 aromatic heterocycles. The molecule has 2 saturated heterocycles. The van der Waals surface area contributed by atoms with E-state index in [0.29, 0.717) is 31.8 Å². The van der Waals surface area contributed by atoms with Crippen LogP contribution in [-0.4, -0.2) is 50.3 Å². The second-order valence-electron chi connectivity index (χ2n) is 9.70. The monoisotopic (exact) mass is 467 g/mol. The molecule has 1 amide bonds. The van der Waals surface area contributed by atoms with Crippen molar-refractivity contribution in [3.8, 4) is 5.88 Å². The number of carbonyl (C=O) groups is 1. The number of ether oxygens (including phenoxy) is 2. The van der Waals surface area contributed by atoms with E-state index in [1.54, 1.807) is 33.5 Å². The Balaban J connectivity index is 1.33. The van der Waals surface area contributed by atoms with Crippen LogP contribution in [0.5, 0.6) is 5.88 Å². The molecule has 9 nitrogen and oxygen atoms in total. The summed E-state index contributed by atoms with van der Waals surface area (Å²) in [7, 11) is 0. The van der Waals surface area contributed by atoms with Crippen molar-refractivity contribution in [1.29, 1.82) is 0 Å². The standard InChI is InChI=1S/C24H26FN5O4/c1-2-8-33-20-16(19(31)26-17-4-3-7-30(21(17)32)15-5-6-15)9-29-10-18(27-22(29)28-20)23-11-24(12-23,13-25)34-14-23/h3-4,7,9-10,15H,2,5-6,8,11-14H2,1H3,(H,26,31). The summed E-state index contributed by atoms with van der Waals surface area (Å²) in [5, 5.41) is 2.73. The number of amides is 1. The van der Waals surface area contributed by atoms with Crippen molar-refractivity contribution in [2.45, 2.75) is 56.1 Å². The first-order chi connectivity index (χ1) is 16.5. The van der Waals surface area contributed by atoms with Crippen LogP contribution in [0.1, 0.15) is 61.1 Å². The van der Waals surface area contributed by atoms with Crippen LogP contribution in [0.3, 0.4) is 0 Å². The van der Waals surface area contributed by atoms with Gasteiger partial charge in [0.05, 0.1) is 24.5 Å². The number of rotatable bonds is 8. The number of hydrogen-bond donors (Lipinski definition) is 1. The number of aromatic nitrogens is 4. The Labute approximate surface area is 194 Å². The van der Waals surface area contributed by atoms with Gasteiger partial charge in [0.2, 0.25) is 11.7 Å². The smallest absolute Gasteiger partial charge is 0.274 e. The Kier molecular flexibility index (Phi) is 4.77. The summed E-state index contributed by atoms with van der Waals surface area (Å²) in [6.45, 7) is 2.27. The molecule has 0 atom stereocenters. The molecule has 0 radical (unpaired) electrons. The van der Waals surface area contributed by atoms with Gasteiger partial charge in [0.1, 0.15) is 17.9 Å². The summed E-state index contributed by atoms with van der Waals surface area (Å²) in [4.78, 5) is 35.2. The van der Waals surface area contributed by atoms with Crippen LogP contribution in [-0.2, 0) is 10.2 Å². The highest BCUT2D eigenvalue weighted by atomic mass is 19.1. The summed E-state index contributed by atoms with van der Waals surface area (Å²) in [5.74, 6) is 0.0747. The predicted octanol–water partition coefficient (Wildman–Crippen LogP) is 3.04. The molecule has 1 N–H and O–H groups in total. The number of fused-ring (bicyclic) bond motifs is 2. The van der Waals surface area contributed by atoms with Crippen molar-refractivity contribution in [2.24, 2.45) is 0 Å². The van der Waals surface area contributed by atoms with Gasteiger partial charge >= 0.3 is 0 Å². The van der Waals surface area contributed by atoms with E-state index in [2.05, 4.69) is 15.3 Å². The predicted molar refractivity (Wildman–Crippen MR) is 121 cm³/mol. The second kappa shape index (κ2) is 7.63. The zero-order valence-electron chi connectivity index (χ0n) is 18.9. The van der Waals surface area contributed by atoms with Gasteiger partial charge in [-0.05, 0) is 44.2 Å². The van der Waals surface area contributed by atoms with E-state index in [1.165, 1.54) is 0 Å². The van der Waals surface area contributed by atoms with E-state index in [0.717, 1.165) is 25.0 Å². The van der Waals surface area contributed by atoms with Crippen molar-refractivity contribution in [3.63, 3.8) is 0 Å². The molecule has 3 aromatic rings. The van der Waals surface area contributed by atoms with Crippen LogP contribution in [0.4, 0.5) is 10.1 Å². The zero-order chi connectivity index (χ0) is 23.5. The molecule has 2 aliphatic heterocycles. The Morgan fingerprint density at radius 1 is 1.32 bits per heavy atom. The third-order valence-corrected chi connectivity index (χ3v) is 7.03. The molecule has 0 spiro atoms. The molecule has 0 unspecified atom stereocenters. The maximum Gasteiger partial charge on any atom is 0.274 e. The minimum Gasteiger partial charge on any atom is -0.477 e. The summed E-state index contributed by atoms with van der Waals surface area (Å²) >= 11 is 0. The summed E-state index contributed by atoms with van der Waals surface area (Å²) in [6, 6.07) is 3.56. The zero-order valence-corrected chi connectivity index (χ0v) is 18.9. The fourth-order valence-corrected chi connectivity index (χ4v) is 5.13. The molecule has 2 bridgehead atoms. The van der Waals surface area contributed by atoms with Crippen molar-refractivity contribution in [3.05, 3.63) is 52.3 Å². The van der Waals surface area contributed by atoms with Gasteiger partial charge in [-0.15, -0.1) is 0 Å². The van der Waals surface area contributed by atoms with Gasteiger partial charge in [0, 0.05) is 30.0 Å². The summed E-state index contributed by atoms with van der Waals surface area (Å²) in [5.41, 5.74) is -0.0210. The summed E-state index contributed by atoms with van der Waals surface area (Å²) < 4.78 is 28.2. The number of hydrogen-bond acceptors (Lipinski definition) is 6. The lowest BCUT2D eigenvalue weighted by atomic mass is 9.61. The Morgan fingerprint density at radius 3 is 2.85 bits per heavy atom. The van der Waals surface area contributed by atoms with Crippen LogP contribution >= 0.6 is 0 Å². The largest absolute Gasteiger partial charge is 0.477 e. The van der Waals surface area contributed by atoms with Crippen LogP contribution < -0.4 is 15.6 Å². The van der Waals surface area contributed by atoms with Gasteiger partial charge in [0.25, 0.3) is 11.5 Å². The summed E-state index contributed by atoms with van der Waals surface area (Å²) in [6.07, 6.45) is 9.05. The number of alkyl halides is 1. The van der Waals surface area contributed by atoms with E-state index >= 15 is 0 Å². The quantitative estimate of drug-likeness (QED) is 0.547. The Hall–Kier alpha value is -3.27. The maximum atomic E-state index is 13.4. The van der Waals surface area contributed by atoms with Crippen molar-refractivity contribution in [1.82, 2.24) is 18.9 Å². The molecule has 7 rings (SSSR count). The fourth-order valence-electron chi connectivity index (χ4n) is 5.13. The number of nitrogens with zero attached hydrogens (tertiary/aromatic N) is 4. The molecule has 5 heterocycles. The second-order valence-corrected chi connectivity index (χ2v) is 9.70. The van der Waals surface area contributed by atoms with Crippen molar-refractivity contribution in [2.75, 3.05) is 25.2 Å². The minimum absolute atomic E-state index is 0.161. The molecule has 178 valence electrons. The highest BCUT2D eigenvalue weighted by Gasteiger charge is 2.64. The molecule has 2 saturated carbocycles. The number of pyridine rings is 1. The van der Waals surface area contributed by atoms with Gasteiger partial charge < -0.3 is 19.4 Å². The minimum atomic E-state index is -0.674. The average Bonchev–Trinajstić information content (AvgIpc) is 3.30. The number of carbonyl (C=O) groups excluding carboxylic acids is 1. The molecular formula is C24H26FN5O4. The first kappa shape index (κ1) is 21.3. The SMILES string of the molecule is CCCOc1nc2nc(C34COC(CF)(C3)C4)cn2cc1C(=O)Nc1cccn(C2CC2)c1=O. The molecule has 0 aromatic carbocycles. The Bertz CT molecular complexity index is 1340. The topological polar surface area (TPSA) is 99.8 Å². The fraction of sp³-hybridized carbons (Fsp3) is 0.500. The third kappa shape index (κ3) is 3.31. The first-order valence-corrected chi connectivity index (χ1v) is 11.7. The lowest BCUT2D eigenvalue weighted by Crippen LogP contribution is -2.48. The van der Waals surface area contributed by atoms with Gasteiger partial charge in [-0.1, -0.05) is 6.92 Å². The number of nitrogens with one attached hydrogen (secondary N) is 1. The Morgan fingerprint density at radius 2 is 2.15 bits per heavy atom. The highest BCUT2D eigenvalue weighted by Crippen LogP contribution is 2.58. The van der Waals surface area contributed by atoms with E-state index in [-0.39, 0.29) is 34.1 Å². The molecular weight excluding hydrogens is 441 g/mol. The third-order valence-electron chi connectivity index (χ3n) is 7.03.